The number of fused-ring (bicyclic) bond motifs is 1. The fraction of sp³-hybridized carbons (Fsp3) is 0.647. The Morgan fingerprint density at radius 3 is 2.95 bits per heavy atom. The van der Waals surface area contributed by atoms with Crippen molar-refractivity contribution in [3.8, 4) is 5.75 Å². The van der Waals surface area contributed by atoms with Gasteiger partial charge in [-0.1, -0.05) is 6.07 Å². The predicted molar refractivity (Wildman–Crippen MR) is 82.1 cm³/mol. The van der Waals surface area contributed by atoms with Crippen molar-refractivity contribution in [1.82, 2.24) is 10.2 Å². The molecular weight excluding hydrogens is 267 g/mol. The summed E-state index contributed by atoms with van der Waals surface area (Å²) in [7, 11) is 1.50. The zero-order valence-electron chi connectivity index (χ0n) is 12.9. The summed E-state index contributed by atoms with van der Waals surface area (Å²) in [4.78, 5) is 2.62. The van der Waals surface area contributed by atoms with Gasteiger partial charge in [0.05, 0.1) is 7.11 Å². The number of methoxy groups -OCH3 is 1. The van der Waals surface area contributed by atoms with E-state index in [1.807, 2.05) is 6.07 Å². The minimum absolute atomic E-state index is 0.170. The molecule has 0 aromatic heterocycles. The van der Waals surface area contributed by atoms with Crippen LogP contribution in [0.2, 0.25) is 0 Å². The molecule has 2 saturated heterocycles. The summed E-state index contributed by atoms with van der Waals surface area (Å²) >= 11 is 0. The highest BCUT2D eigenvalue weighted by molar-refractivity contribution is 5.30. The van der Waals surface area contributed by atoms with Crippen molar-refractivity contribution < 1.29 is 9.13 Å². The maximum Gasteiger partial charge on any atom is 0.165 e. The number of hydrogen-bond donors (Lipinski definition) is 1. The molecule has 2 aliphatic heterocycles. The Morgan fingerprint density at radius 1 is 1.33 bits per heavy atom. The molecule has 1 aromatic rings. The number of piperidine rings is 1. The molecule has 1 aromatic carbocycles. The number of hydrogen-bond acceptors (Lipinski definition) is 3. The van der Waals surface area contributed by atoms with Crippen LogP contribution in [0.3, 0.4) is 0 Å². The first-order valence-corrected chi connectivity index (χ1v) is 8.01. The summed E-state index contributed by atoms with van der Waals surface area (Å²) in [5.41, 5.74) is 0.988. The molecule has 0 aliphatic carbocycles. The standard InChI is InChI=1S/C17H25FN2O/c1-12(13-5-6-17(21-2)16(18)10-13)19-14-7-9-20-8-3-4-15(20)11-14/h5-6,10,12,14-15,19H,3-4,7-9,11H2,1-2H3. The molecule has 0 spiro atoms. The van der Waals surface area contributed by atoms with Crippen molar-refractivity contribution in [3.63, 3.8) is 0 Å². The Labute approximate surface area is 126 Å². The van der Waals surface area contributed by atoms with Crippen molar-refractivity contribution in [1.29, 1.82) is 0 Å². The summed E-state index contributed by atoms with van der Waals surface area (Å²) < 4.78 is 18.8. The Bertz CT molecular complexity index is 494. The number of halogens is 1. The number of nitrogens with zero attached hydrogens (tertiary/aromatic N) is 1. The molecule has 1 N–H and O–H groups in total. The van der Waals surface area contributed by atoms with E-state index < -0.39 is 0 Å². The highest BCUT2D eigenvalue weighted by Crippen LogP contribution is 2.28. The second-order valence-corrected chi connectivity index (χ2v) is 6.34. The average molecular weight is 292 g/mol. The van der Waals surface area contributed by atoms with Crippen molar-refractivity contribution >= 4 is 0 Å². The van der Waals surface area contributed by atoms with Crippen LogP contribution >= 0.6 is 0 Å². The van der Waals surface area contributed by atoms with E-state index >= 15 is 0 Å². The molecular formula is C17H25FN2O. The van der Waals surface area contributed by atoms with E-state index in [4.69, 9.17) is 4.74 Å². The molecule has 3 unspecified atom stereocenters. The van der Waals surface area contributed by atoms with Crippen LogP contribution < -0.4 is 10.1 Å². The lowest BCUT2D eigenvalue weighted by molar-refractivity contribution is 0.162. The number of nitrogens with one attached hydrogen (secondary N) is 1. The molecule has 0 amide bonds. The number of ether oxygens (including phenoxy) is 1. The highest BCUT2D eigenvalue weighted by Gasteiger charge is 2.32. The normalized spacial score (nSPS) is 27.4. The van der Waals surface area contributed by atoms with Crippen LogP contribution in [-0.2, 0) is 0 Å². The van der Waals surface area contributed by atoms with Gasteiger partial charge in [0.2, 0.25) is 0 Å². The summed E-state index contributed by atoms with van der Waals surface area (Å²) in [6, 6.07) is 6.72. The first-order chi connectivity index (χ1) is 10.2. The van der Waals surface area contributed by atoms with Crippen molar-refractivity contribution in [2.45, 2.75) is 50.7 Å². The Morgan fingerprint density at radius 2 is 2.19 bits per heavy atom. The minimum atomic E-state index is -0.283. The van der Waals surface area contributed by atoms with Gasteiger partial charge in [0.1, 0.15) is 0 Å². The third-order valence-corrected chi connectivity index (χ3v) is 4.98. The van der Waals surface area contributed by atoms with Gasteiger partial charge in [0.15, 0.2) is 11.6 Å². The minimum Gasteiger partial charge on any atom is -0.494 e. The van der Waals surface area contributed by atoms with E-state index in [2.05, 4.69) is 17.1 Å². The van der Waals surface area contributed by atoms with E-state index in [1.54, 1.807) is 12.1 Å². The quantitative estimate of drug-likeness (QED) is 0.923. The van der Waals surface area contributed by atoms with Crippen LogP contribution in [0, 0.1) is 5.82 Å². The summed E-state index contributed by atoms with van der Waals surface area (Å²) in [6.07, 6.45) is 5.10. The second kappa shape index (κ2) is 6.32. The molecule has 3 atom stereocenters. The predicted octanol–water partition coefficient (Wildman–Crippen LogP) is 3.11. The van der Waals surface area contributed by atoms with Crippen LogP contribution in [0.25, 0.3) is 0 Å². The number of rotatable bonds is 4. The van der Waals surface area contributed by atoms with Gasteiger partial charge in [-0.25, -0.2) is 4.39 Å². The topological polar surface area (TPSA) is 24.5 Å². The molecule has 2 aliphatic rings. The van der Waals surface area contributed by atoms with Crippen LogP contribution in [0.4, 0.5) is 4.39 Å². The molecule has 4 heteroatoms. The lowest BCUT2D eigenvalue weighted by atomic mass is 9.96. The van der Waals surface area contributed by atoms with E-state index in [1.165, 1.54) is 45.9 Å². The molecule has 3 nitrogen and oxygen atoms in total. The maximum absolute atomic E-state index is 13.8. The lowest BCUT2D eigenvalue weighted by Crippen LogP contribution is -2.46. The van der Waals surface area contributed by atoms with Gasteiger partial charge >= 0.3 is 0 Å². The van der Waals surface area contributed by atoms with E-state index in [0.29, 0.717) is 11.8 Å². The van der Waals surface area contributed by atoms with E-state index in [-0.39, 0.29) is 11.9 Å². The molecule has 0 bridgehead atoms. The summed E-state index contributed by atoms with van der Waals surface area (Å²) in [5.74, 6) is 0.0273. The zero-order valence-corrected chi connectivity index (χ0v) is 12.9. The Balaban J connectivity index is 1.60. The zero-order chi connectivity index (χ0) is 14.8. The van der Waals surface area contributed by atoms with Crippen molar-refractivity contribution in [2.75, 3.05) is 20.2 Å². The van der Waals surface area contributed by atoms with Gasteiger partial charge in [-0.05, 0) is 63.4 Å². The van der Waals surface area contributed by atoms with Gasteiger partial charge in [-0.15, -0.1) is 0 Å². The van der Waals surface area contributed by atoms with Crippen LogP contribution in [-0.4, -0.2) is 37.2 Å². The van der Waals surface area contributed by atoms with E-state index in [0.717, 1.165) is 11.6 Å². The van der Waals surface area contributed by atoms with Crippen LogP contribution in [0.1, 0.15) is 44.2 Å². The van der Waals surface area contributed by atoms with Crippen LogP contribution in [0.5, 0.6) is 5.75 Å². The smallest absolute Gasteiger partial charge is 0.165 e. The number of benzene rings is 1. The van der Waals surface area contributed by atoms with Crippen molar-refractivity contribution in [2.24, 2.45) is 0 Å². The first kappa shape index (κ1) is 14.8. The average Bonchev–Trinajstić information content (AvgIpc) is 2.94. The van der Waals surface area contributed by atoms with Gasteiger partial charge in [-0.2, -0.15) is 0 Å². The maximum atomic E-state index is 13.8. The molecule has 2 heterocycles. The molecule has 21 heavy (non-hydrogen) atoms. The Kier molecular flexibility index (Phi) is 4.45. The molecule has 116 valence electrons. The SMILES string of the molecule is COc1ccc(C(C)NC2CCN3CCCC3C2)cc1F. The van der Waals surface area contributed by atoms with Gasteiger partial charge in [-0.3, -0.25) is 0 Å². The van der Waals surface area contributed by atoms with Gasteiger partial charge < -0.3 is 15.0 Å². The largest absolute Gasteiger partial charge is 0.494 e. The van der Waals surface area contributed by atoms with Gasteiger partial charge in [0.25, 0.3) is 0 Å². The monoisotopic (exact) mass is 292 g/mol. The van der Waals surface area contributed by atoms with Crippen molar-refractivity contribution in [3.05, 3.63) is 29.6 Å². The second-order valence-electron chi connectivity index (χ2n) is 6.34. The third-order valence-electron chi connectivity index (χ3n) is 4.98. The van der Waals surface area contributed by atoms with Crippen LogP contribution in [0.15, 0.2) is 18.2 Å². The summed E-state index contributed by atoms with van der Waals surface area (Å²) in [5, 5.41) is 3.68. The Hall–Kier alpha value is -1.13. The first-order valence-electron chi connectivity index (χ1n) is 8.01. The van der Waals surface area contributed by atoms with Gasteiger partial charge in [0, 0.05) is 18.1 Å². The van der Waals surface area contributed by atoms with E-state index in [9.17, 15) is 4.39 Å². The highest BCUT2D eigenvalue weighted by atomic mass is 19.1. The molecule has 0 radical (unpaired) electrons. The lowest BCUT2D eigenvalue weighted by Gasteiger charge is -2.36. The molecule has 0 saturated carbocycles. The third kappa shape index (κ3) is 3.22. The summed E-state index contributed by atoms with van der Waals surface area (Å²) in [6.45, 7) is 4.59. The molecule has 3 rings (SSSR count). The molecule has 2 fully saturated rings. The fourth-order valence-electron chi connectivity index (χ4n) is 3.78. The fourth-order valence-corrected chi connectivity index (χ4v) is 3.78.